The van der Waals surface area contributed by atoms with E-state index in [2.05, 4.69) is 10.4 Å². The molecule has 0 bridgehead atoms. The largest absolute Gasteiger partial charge is 0.480 e. The van der Waals surface area contributed by atoms with Crippen LogP contribution in [0.3, 0.4) is 0 Å². The van der Waals surface area contributed by atoms with Gasteiger partial charge in [0.25, 0.3) is 0 Å². The average molecular weight is 350 g/mol. The van der Waals surface area contributed by atoms with E-state index in [0.717, 1.165) is 4.68 Å². The van der Waals surface area contributed by atoms with Crippen LogP contribution in [0.25, 0.3) is 5.65 Å². The Morgan fingerprint density at radius 3 is 2.68 bits per heavy atom. The first-order valence-electron chi connectivity index (χ1n) is 7.88. The van der Waals surface area contributed by atoms with Crippen LogP contribution >= 0.6 is 0 Å². The van der Waals surface area contributed by atoms with E-state index in [9.17, 15) is 19.5 Å². The van der Waals surface area contributed by atoms with Crippen molar-refractivity contribution in [2.24, 2.45) is 0 Å². The van der Waals surface area contributed by atoms with Crippen LogP contribution in [0.2, 0.25) is 0 Å². The van der Waals surface area contributed by atoms with Crippen molar-refractivity contribution in [1.29, 1.82) is 0 Å². The molecule has 0 aliphatic carbocycles. The van der Waals surface area contributed by atoms with Crippen molar-refractivity contribution < 1.29 is 19.4 Å². The molecule has 136 valence electrons. The van der Waals surface area contributed by atoms with Crippen molar-refractivity contribution in [3.8, 4) is 0 Å². The molecular formula is C16H22N4O5. The number of carbonyl (C=O) groups excluding carboxylic acids is 1. The Balaban J connectivity index is 1.99. The van der Waals surface area contributed by atoms with Gasteiger partial charge in [-0.25, -0.2) is 14.3 Å². The number of amides is 1. The van der Waals surface area contributed by atoms with Crippen LogP contribution in [-0.4, -0.2) is 49.4 Å². The van der Waals surface area contributed by atoms with Crippen LogP contribution in [0.1, 0.15) is 27.2 Å². The van der Waals surface area contributed by atoms with Crippen molar-refractivity contribution in [1.82, 2.24) is 19.5 Å². The van der Waals surface area contributed by atoms with E-state index in [-0.39, 0.29) is 19.6 Å². The molecule has 0 saturated heterocycles. The lowest BCUT2D eigenvalue weighted by Crippen LogP contribution is -2.44. The predicted molar refractivity (Wildman–Crippen MR) is 89.3 cm³/mol. The molecule has 9 heteroatoms. The molecule has 1 atom stereocenters. The number of nitrogens with one attached hydrogen (secondary N) is 1. The highest BCUT2D eigenvalue weighted by Crippen LogP contribution is 2.08. The molecule has 0 aliphatic rings. The fourth-order valence-electron chi connectivity index (χ4n) is 2.19. The van der Waals surface area contributed by atoms with Crippen molar-refractivity contribution in [2.75, 3.05) is 6.61 Å². The lowest BCUT2D eigenvalue weighted by molar-refractivity contribution is -0.143. The van der Waals surface area contributed by atoms with E-state index >= 15 is 0 Å². The molecule has 25 heavy (non-hydrogen) atoms. The lowest BCUT2D eigenvalue weighted by Gasteiger charge is -2.21. The summed E-state index contributed by atoms with van der Waals surface area (Å²) < 4.78 is 7.78. The van der Waals surface area contributed by atoms with Crippen LogP contribution in [-0.2, 0) is 20.9 Å². The third-order valence-electron chi connectivity index (χ3n) is 3.36. The minimum Gasteiger partial charge on any atom is -0.480 e. The standard InChI is InChI=1S/C16H22N4O5/c1-16(2,3)25-9-7-11(14(22)23)17-13(21)10-20-15(24)19-8-5-4-6-12(19)18-20/h4-6,8,11H,7,9-10H2,1-3H3,(H,17,21)(H,22,23). The van der Waals surface area contributed by atoms with Gasteiger partial charge < -0.3 is 15.2 Å². The Morgan fingerprint density at radius 2 is 2.08 bits per heavy atom. The van der Waals surface area contributed by atoms with Gasteiger partial charge in [0, 0.05) is 19.2 Å². The van der Waals surface area contributed by atoms with Gasteiger partial charge in [0.1, 0.15) is 12.6 Å². The third-order valence-corrected chi connectivity index (χ3v) is 3.36. The molecule has 0 fully saturated rings. The van der Waals surface area contributed by atoms with E-state index in [1.165, 1.54) is 4.40 Å². The number of aliphatic carboxylic acids is 1. The fourth-order valence-corrected chi connectivity index (χ4v) is 2.19. The summed E-state index contributed by atoms with van der Waals surface area (Å²) in [6.07, 6.45) is 1.67. The minimum atomic E-state index is -1.16. The predicted octanol–water partition coefficient (Wildman–Crippen LogP) is 0.271. The number of hydrogen-bond acceptors (Lipinski definition) is 5. The number of carbonyl (C=O) groups is 2. The summed E-state index contributed by atoms with van der Waals surface area (Å²) >= 11 is 0. The topological polar surface area (TPSA) is 115 Å². The fraction of sp³-hybridized carbons (Fsp3) is 0.500. The Morgan fingerprint density at radius 1 is 1.36 bits per heavy atom. The Kier molecular flexibility index (Phi) is 5.58. The number of carboxylic acids is 1. The van der Waals surface area contributed by atoms with E-state index in [4.69, 9.17) is 4.74 Å². The minimum absolute atomic E-state index is 0.123. The smallest absolute Gasteiger partial charge is 0.350 e. The normalized spacial score (nSPS) is 12.9. The van der Waals surface area contributed by atoms with Crippen molar-refractivity contribution in [3.63, 3.8) is 0 Å². The molecule has 0 aliphatic heterocycles. The second kappa shape index (κ2) is 7.47. The Bertz CT molecular complexity index is 818. The number of hydrogen-bond donors (Lipinski definition) is 2. The van der Waals surface area contributed by atoms with Gasteiger partial charge in [-0.2, -0.15) is 0 Å². The van der Waals surface area contributed by atoms with Gasteiger partial charge in [-0.15, -0.1) is 5.10 Å². The molecule has 2 aromatic heterocycles. The summed E-state index contributed by atoms with van der Waals surface area (Å²) in [5, 5.41) is 15.7. The second-order valence-corrected chi connectivity index (χ2v) is 6.58. The van der Waals surface area contributed by atoms with Gasteiger partial charge in [0.05, 0.1) is 5.60 Å². The average Bonchev–Trinajstić information content (AvgIpc) is 2.81. The number of fused-ring (bicyclic) bond motifs is 1. The highest BCUT2D eigenvalue weighted by atomic mass is 16.5. The Labute approximate surface area is 144 Å². The summed E-state index contributed by atoms with van der Waals surface area (Å²) in [6, 6.07) is 3.94. The molecule has 2 N–H and O–H groups in total. The molecule has 2 aromatic rings. The van der Waals surface area contributed by atoms with Gasteiger partial charge >= 0.3 is 11.7 Å². The number of pyridine rings is 1. The van der Waals surface area contributed by atoms with E-state index in [0.29, 0.717) is 5.65 Å². The quantitative estimate of drug-likeness (QED) is 0.741. The maximum Gasteiger partial charge on any atom is 0.350 e. The maximum atomic E-state index is 12.1. The number of carboxylic acid groups (broad SMARTS) is 1. The molecule has 0 radical (unpaired) electrons. The number of aromatic nitrogens is 3. The molecule has 0 spiro atoms. The van der Waals surface area contributed by atoms with Crippen LogP contribution in [0, 0.1) is 0 Å². The van der Waals surface area contributed by atoms with Crippen LogP contribution in [0.5, 0.6) is 0 Å². The van der Waals surface area contributed by atoms with Crippen molar-refractivity contribution in [3.05, 3.63) is 34.9 Å². The van der Waals surface area contributed by atoms with Gasteiger partial charge in [0.2, 0.25) is 5.91 Å². The summed E-state index contributed by atoms with van der Waals surface area (Å²) in [7, 11) is 0. The molecule has 0 aromatic carbocycles. The molecule has 1 amide bonds. The highest BCUT2D eigenvalue weighted by Gasteiger charge is 2.22. The zero-order valence-electron chi connectivity index (χ0n) is 14.4. The second-order valence-electron chi connectivity index (χ2n) is 6.58. The van der Waals surface area contributed by atoms with Gasteiger partial charge in [-0.05, 0) is 32.9 Å². The van der Waals surface area contributed by atoms with Gasteiger partial charge in [-0.1, -0.05) is 6.07 Å². The lowest BCUT2D eigenvalue weighted by atomic mass is 10.2. The van der Waals surface area contributed by atoms with E-state index < -0.39 is 29.2 Å². The van der Waals surface area contributed by atoms with Crippen LogP contribution in [0.4, 0.5) is 0 Å². The number of ether oxygens (including phenoxy) is 1. The van der Waals surface area contributed by atoms with E-state index in [1.54, 1.807) is 24.4 Å². The van der Waals surface area contributed by atoms with Crippen molar-refractivity contribution >= 4 is 17.5 Å². The first-order chi connectivity index (χ1) is 11.7. The summed E-state index contributed by atoms with van der Waals surface area (Å²) in [5.41, 5.74) is -0.445. The molecule has 2 rings (SSSR count). The first-order valence-corrected chi connectivity index (χ1v) is 7.88. The zero-order valence-corrected chi connectivity index (χ0v) is 14.4. The third kappa shape index (κ3) is 5.15. The first kappa shape index (κ1) is 18.7. The SMILES string of the molecule is CC(C)(C)OCCC(NC(=O)Cn1nc2ccccn2c1=O)C(=O)O. The summed E-state index contributed by atoms with van der Waals surface area (Å²) in [4.78, 5) is 35.5. The number of nitrogens with zero attached hydrogens (tertiary/aromatic N) is 3. The molecule has 1 unspecified atom stereocenters. The molecule has 0 saturated carbocycles. The molecular weight excluding hydrogens is 328 g/mol. The maximum absolute atomic E-state index is 12.1. The monoisotopic (exact) mass is 350 g/mol. The highest BCUT2D eigenvalue weighted by molar-refractivity contribution is 5.83. The molecule has 2 heterocycles. The Hall–Kier alpha value is -2.68. The summed E-state index contributed by atoms with van der Waals surface area (Å²) in [6.45, 7) is 5.41. The van der Waals surface area contributed by atoms with Crippen molar-refractivity contribution in [2.45, 2.75) is 45.4 Å². The van der Waals surface area contributed by atoms with Crippen LogP contribution in [0.15, 0.2) is 29.2 Å². The summed E-state index contributed by atoms with van der Waals surface area (Å²) in [5.74, 6) is -1.76. The van der Waals surface area contributed by atoms with Crippen LogP contribution < -0.4 is 11.0 Å². The number of rotatable bonds is 7. The van der Waals surface area contributed by atoms with E-state index in [1.807, 2.05) is 20.8 Å². The van der Waals surface area contributed by atoms with Gasteiger partial charge in [0.15, 0.2) is 5.65 Å². The molecule has 9 nitrogen and oxygen atoms in total. The zero-order chi connectivity index (χ0) is 18.6. The van der Waals surface area contributed by atoms with Gasteiger partial charge in [-0.3, -0.25) is 9.20 Å².